The SMILES string of the molecule is Cc1cc(=O)n2nc(CN3CCC(C)(C(=O)O)C3)sc2n1. The summed E-state index contributed by atoms with van der Waals surface area (Å²) in [5.41, 5.74) is -0.200. The van der Waals surface area contributed by atoms with Crippen LogP contribution < -0.4 is 5.56 Å². The molecule has 112 valence electrons. The molecular weight excluding hydrogens is 292 g/mol. The van der Waals surface area contributed by atoms with E-state index in [4.69, 9.17) is 0 Å². The smallest absolute Gasteiger partial charge is 0.310 e. The number of nitrogens with zero attached hydrogens (tertiary/aromatic N) is 4. The summed E-state index contributed by atoms with van der Waals surface area (Å²) >= 11 is 1.37. The molecule has 3 heterocycles. The predicted octanol–water partition coefficient (Wildman–Crippen LogP) is 0.756. The number of likely N-dealkylation sites (tertiary alicyclic amines) is 1. The number of aliphatic carboxylic acids is 1. The summed E-state index contributed by atoms with van der Waals surface area (Å²) in [5.74, 6) is -0.761. The van der Waals surface area contributed by atoms with Crippen LogP contribution in [0.25, 0.3) is 4.96 Å². The second-order valence-corrected chi connectivity index (χ2v) is 6.79. The zero-order valence-corrected chi connectivity index (χ0v) is 12.7. The van der Waals surface area contributed by atoms with Crippen molar-refractivity contribution in [2.24, 2.45) is 5.41 Å². The van der Waals surface area contributed by atoms with Gasteiger partial charge in [0.15, 0.2) is 0 Å². The van der Waals surface area contributed by atoms with Gasteiger partial charge in [0.05, 0.1) is 12.0 Å². The van der Waals surface area contributed by atoms with E-state index in [1.165, 1.54) is 21.9 Å². The van der Waals surface area contributed by atoms with Crippen molar-refractivity contribution >= 4 is 22.3 Å². The fourth-order valence-corrected chi connectivity index (χ4v) is 3.57. The largest absolute Gasteiger partial charge is 0.481 e. The zero-order chi connectivity index (χ0) is 15.2. The summed E-state index contributed by atoms with van der Waals surface area (Å²) in [6.07, 6.45) is 0.629. The molecule has 1 N–H and O–H groups in total. The molecule has 1 unspecified atom stereocenters. The van der Waals surface area contributed by atoms with Crippen molar-refractivity contribution in [3.05, 3.63) is 27.1 Å². The molecule has 1 fully saturated rings. The van der Waals surface area contributed by atoms with Crippen LogP contribution in [0.3, 0.4) is 0 Å². The van der Waals surface area contributed by atoms with Gasteiger partial charge in [-0.25, -0.2) is 4.98 Å². The fourth-order valence-electron chi connectivity index (χ4n) is 2.58. The van der Waals surface area contributed by atoms with Crippen LogP contribution in [0, 0.1) is 12.3 Å². The van der Waals surface area contributed by atoms with Crippen molar-refractivity contribution in [3.63, 3.8) is 0 Å². The first-order valence-electron chi connectivity index (χ1n) is 6.69. The van der Waals surface area contributed by atoms with Crippen LogP contribution in [0.2, 0.25) is 0 Å². The number of hydrogen-bond donors (Lipinski definition) is 1. The molecule has 1 atom stereocenters. The Kier molecular flexibility index (Phi) is 3.29. The van der Waals surface area contributed by atoms with Crippen molar-refractivity contribution in [2.75, 3.05) is 13.1 Å². The Labute approximate surface area is 124 Å². The van der Waals surface area contributed by atoms with Gasteiger partial charge in [-0.2, -0.15) is 9.61 Å². The van der Waals surface area contributed by atoms with Gasteiger partial charge in [-0.05, 0) is 26.8 Å². The lowest BCUT2D eigenvalue weighted by molar-refractivity contribution is -0.147. The van der Waals surface area contributed by atoms with E-state index in [9.17, 15) is 14.7 Å². The first kappa shape index (κ1) is 14.2. The third-order valence-electron chi connectivity index (χ3n) is 3.84. The summed E-state index contributed by atoms with van der Waals surface area (Å²) in [6, 6.07) is 1.45. The molecule has 0 aliphatic carbocycles. The molecule has 2 aromatic heterocycles. The van der Waals surface area contributed by atoms with Gasteiger partial charge in [-0.3, -0.25) is 14.5 Å². The maximum absolute atomic E-state index is 11.8. The van der Waals surface area contributed by atoms with Crippen molar-refractivity contribution < 1.29 is 9.90 Å². The van der Waals surface area contributed by atoms with Crippen LogP contribution >= 0.6 is 11.3 Å². The van der Waals surface area contributed by atoms with Crippen molar-refractivity contribution in [1.29, 1.82) is 0 Å². The highest BCUT2D eigenvalue weighted by Crippen LogP contribution is 2.31. The number of fused-ring (bicyclic) bond motifs is 1. The van der Waals surface area contributed by atoms with E-state index in [0.717, 1.165) is 11.6 Å². The predicted molar refractivity (Wildman–Crippen MR) is 77.5 cm³/mol. The minimum atomic E-state index is -0.761. The first-order chi connectivity index (χ1) is 9.87. The normalized spacial score (nSPS) is 23.0. The lowest BCUT2D eigenvalue weighted by Gasteiger charge is -2.18. The number of carboxylic acid groups (broad SMARTS) is 1. The molecule has 8 heteroatoms. The van der Waals surface area contributed by atoms with Crippen LogP contribution in [0.15, 0.2) is 10.9 Å². The van der Waals surface area contributed by atoms with Gasteiger partial charge < -0.3 is 5.11 Å². The van der Waals surface area contributed by atoms with Gasteiger partial charge in [0.2, 0.25) is 4.96 Å². The molecule has 21 heavy (non-hydrogen) atoms. The number of carbonyl (C=O) groups is 1. The van der Waals surface area contributed by atoms with Crippen LogP contribution in [-0.2, 0) is 11.3 Å². The summed E-state index contributed by atoms with van der Waals surface area (Å²) < 4.78 is 1.31. The standard InChI is InChI=1S/C13H16N4O3S/c1-8-5-10(18)17-12(14-8)21-9(15-17)6-16-4-3-13(2,7-16)11(19)20/h5H,3-4,6-7H2,1-2H3,(H,19,20). The van der Waals surface area contributed by atoms with Gasteiger partial charge in [0, 0.05) is 18.3 Å². The van der Waals surface area contributed by atoms with Crippen LogP contribution in [0.1, 0.15) is 24.0 Å². The first-order valence-corrected chi connectivity index (χ1v) is 7.51. The highest BCUT2D eigenvalue weighted by Gasteiger charge is 2.40. The highest BCUT2D eigenvalue weighted by atomic mass is 32.1. The fraction of sp³-hybridized carbons (Fsp3) is 0.538. The minimum Gasteiger partial charge on any atom is -0.481 e. The van der Waals surface area contributed by atoms with Crippen molar-refractivity contribution in [3.8, 4) is 0 Å². The van der Waals surface area contributed by atoms with Gasteiger partial charge in [0.1, 0.15) is 5.01 Å². The maximum Gasteiger partial charge on any atom is 0.310 e. The summed E-state index contributed by atoms with van der Waals surface area (Å²) in [5, 5.41) is 14.3. The Morgan fingerprint density at radius 3 is 3.00 bits per heavy atom. The second kappa shape index (κ2) is 4.88. The number of aryl methyl sites for hydroxylation is 1. The molecule has 0 amide bonds. The van der Waals surface area contributed by atoms with E-state index in [0.29, 0.717) is 30.2 Å². The van der Waals surface area contributed by atoms with Crippen molar-refractivity contribution in [2.45, 2.75) is 26.8 Å². The third-order valence-corrected chi connectivity index (χ3v) is 4.74. The van der Waals surface area contributed by atoms with E-state index in [2.05, 4.69) is 15.0 Å². The Balaban J connectivity index is 1.82. The summed E-state index contributed by atoms with van der Waals surface area (Å²) in [4.78, 5) is 30.0. The molecular formula is C13H16N4O3S. The Morgan fingerprint density at radius 2 is 2.33 bits per heavy atom. The van der Waals surface area contributed by atoms with E-state index in [-0.39, 0.29) is 5.56 Å². The molecule has 1 saturated heterocycles. The zero-order valence-electron chi connectivity index (χ0n) is 11.9. The number of aromatic nitrogens is 3. The van der Waals surface area contributed by atoms with E-state index < -0.39 is 11.4 Å². The van der Waals surface area contributed by atoms with E-state index in [1.54, 1.807) is 13.8 Å². The van der Waals surface area contributed by atoms with E-state index >= 15 is 0 Å². The molecule has 0 bridgehead atoms. The molecule has 0 spiro atoms. The lowest BCUT2D eigenvalue weighted by atomic mass is 9.90. The van der Waals surface area contributed by atoms with Gasteiger partial charge >= 0.3 is 5.97 Å². The van der Waals surface area contributed by atoms with Crippen LogP contribution in [-0.4, -0.2) is 43.7 Å². The molecule has 0 aromatic carbocycles. The van der Waals surface area contributed by atoms with Crippen LogP contribution in [0.5, 0.6) is 0 Å². The average Bonchev–Trinajstić information content (AvgIpc) is 2.94. The topological polar surface area (TPSA) is 87.8 Å². The highest BCUT2D eigenvalue weighted by molar-refractivity contribution is 7.16. The molecule has 0 radical (unpaired) electrons. The minimum absolute atomic E-state index is 0.184. The Hall–Kier alpha value is -1.80. The number of carboxylic acids is 1. The molecule has 7 nitrogen and oxygen atoms in total. The van der Waals surface area contributed by atoms with Crippen LogP contribution in [0.4, 0.5) is 0 Å². The average molecular weight is 308 g/mol. The van der Waals surface area contributed by atoms with Gasteiger partial charge in [-0.15, -0.1) is 0 Å². The molecule has 1 aliphatic heterocycles. The monoisotopic (exact) mass is 308 g/mol. The molecule has 2 aromatic rings. The molecule has 1 aliphatic rings. The summed E-state index contributed by atoms with van der Waals surface area (Å²) in [6.45, 7) is 5.32. The van der Waals surface area contributed by atoms with Gasteiger partial charge in [0.25, 0.3) is 5.56 Å². The molecule has 3 rings (SSSR count). The quantitative estimate of drug-likeness (QED) is 0.900. The van der Waals surface area contributed by atoms with Gasteiger partial charge in [-0.1, -0.05) is 11.3 Å². The third kappa shape index (κ3) is 2.56. The Morgan fingerprint density at radius 1 is 1.57 bits per heavy atom. The second-order valence-electron chi connectivity index (χ2n) is 5.75. The van der Waals surface area contributed by atoms with Crippen molar-refractivity contribution in [1.82, 2.24) is 19.5 Å². The van der Waals surface area contributed by atoms with E-state index in [1.807, 2.05) is 0 Å². The summed E-state index contributed by atoms with van der Waals surface area (Å²) in [7, 11) is 0. The lowest BCUT2D eigenvalue weighted by Crippen LogP contribution is -2.31. The maximum atomic E-state index is 11.8. The Bertz CT molecular complexity index is 768. The molecule has 0 saturated carbocycles. The number of hydrogen-bond acceptors (Lipinski definition) is 6. The number of rotatable bonds is 3.